The van der Waals surface area contributed by atoms with Crippen molar-refractivity contribution in [2.24, 2.45) is 0 Å². The lowest BCUT2D eigenvalue weighted by Gasteiger charge is -2.10. The molecule has 0 saturated heterocycles. The first-order valence-corrected chi connectivity index (χ1v) is 5.83. The molecule has 2 rings (SSSR count). The van der Waals surface area contributed by atoms with Crippen LogP contribution < -0.4 is 20.8 Å². The first-order valence-electron chi connectivity index (χ1n) is 5.83. The van der Waals surface area contributed by atoms with Gasteiger partial charge in [-0.3, -0.25) is 9.78 Å². The largest absolute Gasteiger partial charge is 0.497 e. The van der Waals surface area contributed by atoms with Crippen molar-refractivity contribution >= 4 is 5.95 Å². The summed E-state index contributed by atoms with van der Waals surface area (Å²) in [5.41, 5.74) is 5.68. The summed E-state index contributed by atoms with van der Waals surface area (Å²) in [5.74, 6) is 0.687. The van der Waals surface area contributed by atoms with E-state index >= 15 is 0 Å². The third-order valence-electron chi connectivity index (χ3n) is 2.87. The van der Waals surface area contributed by atoms with E-state index in [0.717, 1.165) is 0 Å². The highest BCUT2D eigenvalue weighted by atomic mass is 16.5. The third kappa shape index (κ3) is 2.66. The Morgan fingerprint density at radius 2 is 2.10 bits per heavy atom. The summed E-state index contributed by atoms with van der Waals surface area (Å²) in [6.07, 6.45) is 0.148. The van der Waals surface area contributed by atoms with E-state index in [1.165, 1.54) is 7.11 Å². The number of aromatic hydroxyl groups is 1. The number of aromatic amines is 1. The molecule has 7 nitrogen and oxygen atoms in total. The normalized spacial score (nSPS) is 10.3. The zero-order valence-electron chi connectivity index (χ0n) is 11.1. The van der Waals surface area contributed by atoms with Crippen molar-refractivity contribution in [3.63, 3.8) is 0 Å². The van der Waals surface area contributed by atoms with E-state index in [1.54, 1.807) is 25.3 Å². The maximum atomic E-state index is 11.8. The van der Waals surface area contributed by atoms with Crippen molar-refractivity contribution < 1.29 is 14.6 Å². The molecule has 0 fully saturated rings. The highest BCUT2D eigenvalue weighted by Gasteiger charge is 2.14. The average Bonchev–Trinajstić information content (AvgIpc) is 2.42. The number of hydrogen-bond acceptors (Lipinski definition) is 6. The van der Waals surface area contributed by atoms with E-state index in [0.29, 0.717) is 17.1 Å². The number of nitrogens with two attached hydrogens (primary N) is 1. The number of anilines is 1. The van der Waals surface area contributed by atoms with Crippen LogP contribution in [0.3, 0.4) is 0 Å². The fraction of sp³-hybridized carbons (Fsp3) is 0.231. The Morgan fingerprint density at radius 1 is 1.35 bits per heavy atom. The average molecular weight is 277 g/mol. The number of rotatable bonds is 4. The Balaban J connectivity index is 2.46. The number of hydrogen-bond donors (Lipinski definition) is 3. The van der Waals surface area contributed by atoms with Gasteiger partial charge in [0.25, 0.3) is 5.56 Å². The molecule has 1 aromatic heterocycles. The Hall–Kier alpha value is -2.70. The Labute approximate surface area is 115 Å². The summed E-state index contributed by atoms with van der Waals surface area (Å²) in [5, 5.41) is 9.74. The van der Waals surface area contributed by atoms with E-state index in [4.69, 9.17) is 15.2 Å². The molecule has 2 aromatic rings. The van der Waals surface area contributed by atoms with E-state index in [2.05, 4.69) is 9.97 Å². The van der Waals surface area contributed by atoms with Gasteiger partial charge in [-0.25, -0.2) is 0 Å². The molecule has 0 bridgehead atoms. The molecule has 20 heavy (non-hydrogen) atoms. The van der Waals surface area contributed by atoms with Crippen molar-refractivity contribution in [2.75, 3.05) is 20.0 Å². The van der Waals surface area contributed by atoms with E-state index < -0.39 is 11.4 Å². The van der Waals surface area contributed by atoms with Crippen LogP contribution in [0.2, 0.25) is 0 Å². The fourth-order valence-corrected chi connectivity index (χ4v) is 1.87. The van der Waals surface area contributed by atoms with Gasteiger partial charge >= 0.3 is 0 Å². The maximum Gasteiger partial charge on any atom is 0.259 e. The second kappa shape index (κ2) is 5.52. The second-order valence-corrected chi connectivity index (χ2v) is 4.11. The number of H-pyrrole nitrogens is 1. The van der Waals surface area contributed by atoms with Crippen molar-refractivity contribution in [1.29, 1.82) is 0 Å². The predicted octanol–water partition coefficient (Wildman–Crippen LogP) is 0.666. The summed E-state index contributed by atoms with van der Waals surface area (Å²) in [6.45, 7) is 0. The summed E-state index contributed by atoms with van der Waals surface area (Å²) in [7, 11) is 3.07. The van der Waals surface area contributed by atoms with Crippen LogP contribution in [0.15, 0.2) is 23.0 Å². The number of nitrogens with zero attached hydrogens (tertiary/aromatic N) is 1. The molecular weight excluding hydrogens is 262 g/mol. The van der Waals surface area contributed by atoms with Gasteiger partial charge in [0.05, 0.1) is 19.8 Å². The van der Waals surface area contributed by atoms with Gasteiger partial charge in [0.1, 0.15) is 11.5 Å². The molecule has 0 radical (unpaired) electrons. The monoisotopic (exact) mass is 277 g/mol. The molecule has 0 unspecified atom stereocenters. The van der Waals surface area contributed by atoms with E-state index in [9.17, 15) is 9.90 Å². The lowest BCUT2D eigenvalue weighted by molar-refractivity contribution is 0.399. The van der Waals surface area contributed by atoms with Gasteiger partial charge in [0.15, 0.2) is 0 Å². The van der Waals surface area contributed by atoms with Crippen LogP contribution in [-0.2, 0) is 6.42 Å². The lowest BCUT2D eigenvalue weighted by atomic mass is 10.1. The van der Waals surface area contributed by atoms with Gasteiger partial charge in [-0.2, -0.15) is 4.98 Å². The summed E-state index contributed by atoms with van der Waals surface area (Å²) < 4.78 is 10.4. The molecule has 0 aliphatic rings. The molecule has 4 N–H and O–H groups in total. The molecular formula is C13H15N3O4. The van der Waals surface area contributed by atoms with Gasteiger partial charge in [-0.15, -0.1) is 0 Å². The quantitative estimate of drug-likeness (QED) is 0.757. The van der Waals surface area contributed by atoms with Crippen LogP contribution in [0.1, 0.15) is 11.1 Å². The summed E-state index contributed by atoms with van der Waals surface area (Å²) >= 11 is 0. The number of benzene rings is 1. The van der Waals surface area contributed by atoms with Crippen LogP contribution >= 0.6 is 0 Å². The van der Waals surface area contributed by atoms with Crippen LogP contribution in [0.25, 0.3) is 0 Å². The number of ether oxygens (including phenoxy) is 2. The molecule has 0 aliphatic heterocycles. The zero-order chi connectivity index (χ0) is 14.7. The Bertz CT molecular complexity index is 682. The minimum atomic E-state index is -0.486. The molecule has 1 heterocycles. The number of aromatic nitrogens is 2. The third-order valence-corrected chi connectivity index (χ3v) is 2.87. The van der Waals surface area contributed by atoms with Crippen molar-refractivity contribution in [1.82, 2.24) is 9.97 Å². The molecule has 7 heteroatoms. The van der Waals surface area contributed by atoms with Gasteiger partial charge < -0.3 is 20.3 Å². The minimum absolute atomic E-state index is 0.116. The molecule has 0 amide bonds. The molecule has 106 valence electrons. The SMILES string of the molecule is COc1ccc(OC)c(Cc2c(O)nc(N)[nH]c2=O)c1. The van der Waals surface area contributed by atoms with Crippen molar-refractivity contribution in [3.05, 3.63) is 39.7 Å². The first kappa shape index (κ1) is 13.7. The van der Waals surface area contributed by atoms with Gasteiger partial charge in [0, 0.05) is 12.0 Å². The molecule has 0 spiro atoms. The molecule has 0 aliphatic carbocycles. The topological polar surface area (TPSA) is 110 Å². The molecule has 0 saturated carbocycles. The first-order chi connectivity index (χ1) is 9.55. The van der Waals surface area contributed by atoms with Crippen LogP contribution in [-0.4, -0.2) is 29.3 Å². The van der Waals surface area contributed by atoms with Crippen molar-refractivity contribution in [2.45, 2.75) is 6.42 Å². The fourth-order valence-electron chi connectivity index (χ4n) is 1.87. The summed E-state index contributed by atoms with van der Waals surface area (Å²) in [4.78, 5) is 17.8. The second-order valence-electron chi connectivity index (χ2n) is 4.11. The van der Waals surface area contributed by atoms with Crippen LogP contribution in [0.4, 0.5) is 5.95 Å². The number of nitrogen functional groups attached to an aromatic ring is 1. The Morgan fingerprint density at radius 3 is 2.70 bits per heavy atom. The smallest absolute Gasteiger partial charge is 0.259 e. The van der Waals surface area contributed by atoms with Gasteiger partial charge in [-0.05, 0) is 18.2 Å². The van der Waals surface area contributed by atoms with E-state index in [-0.39, 0.29) is 17.9 Å². The van der Waals surface area contributed by atoms with Gasteiger partial charge in [0.2, 0.25) is 11.8 Å². The zero-order valence-corrected chi connectivity index (χ0v) is 11.1. The summed E-state index contributed by atoms with van der Waals surface area (Å²) in [6, 6.07) is 5.20. The lowest BCUT2D eigenvalue weighted by Crippen LogP contribution is -2.16. The maximum absolute atomic E-state index is 11.8. The number of methoxy groups -OCH3 is 2. The highest BCUT2D eigenvalue weighted by Crippen LogP contribution is 2.27. The standard InChI is InChI=1S/C13H15N3O4/c1-19-8-3-4-10(20-2)7(5-8)6-9-11(17)15-13(14)16-12(9)18/h3-5H,6H2,1-2H3,(H4,14,15,16,17,18). The Kier molecular flexibility index (Phi) is 3.79. The van der Waals surface area contributed by atoms with Crippen LogP contribution in [0.5, 0.6) is 17.4 Å². The van der Waals surface area contributed by atoms with Crippen molar-refractivity contribution in [3.8, 4) is 17.4 Å². The minimum Gasteiger partial charge on any atom is -0.497 e. The highest BCUT2D eigenvalue weighted by molar-refractivity contribution is 5.44. The van der Waals surface area contributed by atoms with E-state index in [1.807, 2.05) is 0 Å². The van der Waals surface area contributed by atoms with Gasteiger partial charge in [-0.1, -0.05) is 0 Å². The number of nitrogens with one attached hydrogen (secondary N) is 1. The van der Waals surface area contributed by atoms with Crippen LogP contribution in [0, 0.1) is 0 Å². The molecule has 0 atom stereocenters. The predicted molar refractivity (Wildman–Crippen MR) is 73.3 cm³/mol. The molecule has 1 aromatic carbocycles.